The number of rotatable bonds is 10. The second kappa shape index (κ2) is 16.1. The number of aromatic hydroxyl groups is 1. The van der Waals surface area contributed by atoms with Crippen LogP contribution < -0.4 is 36.6 Å². The Balaban J connectivity index is 1.17. The lowest BCUT2D eigenvalue weighted by atomic mass is 9.53. The molecule has 3 aromatic heterocycles. The SMILES string of the molecule is COc1ccc(C2C3=CCn4c(=O)n(CCc5nc6cc(OC)c(OC)cc6n(C)c5=O)c(=O)n4C3CC3C(=O)N(Nc4ncc(C(F)(F)F)cc4Cl)C(=O)C32c2ccc(Cl)cc2)cc1O. The van der Waals surface area contributed by atoms with Gasteiger partial charge < -0.3 is 23.9 Å². The molecular weight excluding hydrogens is 912 g/mol. The highest BCUT2D eigenvalue weighted by Gasteiger charge is 2.69. The Morgan fingerprint density at radius 3 is 2.26 bits per heavy atom. The molecule has 2 amide bonds. The Morgan fingerprint density at radius 2 is 1.61 bits per heavy atom. The van der Waals surface area contributed by atoms with Crippen molar-refractivity contribution in [1.82, 2.24) is 33.5 Å². The van der Waals surface area contributed by atoms with E-state index in [4.69, 9.17) is 37.4 Å². The molecule has 3 aliphatic rings. The summed E-state index contributed by atoms with van der Waals surface area (Å²) in [5, 5.41) is 11.6. The third-order valence-electron chi connectivity index (χ3n) is 12.7. The number of nitrogens with zero attached hydrogens (tertiary/aromatic N) is 7. The number of nitrogens with one attached hydrogen (secondary N) is 1. The van der Waals surface area contributed by atoms with Crippen molar-refractivity contribution < 1.29 is 42.1 Å². The van der Waals surface area contributed by atoms with Crippen LogP contribution in [0.2, 0.25) is 10.0 Å². The number of halogens is 5. The largest absolute Gasteiger partial charge is 0.504 e. The summed E-state index contributed by atoms with van der Waals surface area (Å²) in [5.74, 6) is -4.10. The summed E-state index contributed by atoms with van der Waals surface area (Å²) in [6, 6.07) is 13.4. The number of fused-ring (bicyclic) bond motifs is 5. The quantitative estimate of drug-likeness (QED) is 0.132. The maximum absolute atomic E-state index is 15.4. The second-order valence-electron chi connectivity index (χ2n) is 15.9. The van der Waals surface area contributed by atoms with Gasteiger partial charge in [-0.05, 0) is 53.5 Å². The smallest absolute Gasteiger partial charge is 0.417 e. The molecule has 2 aliphatic heterocycles. The molecular formula is C44H37Cl2F3N8O9. The Hall–Kier alpha value is -7.06. The number of anilines is 1. The van der Waals surface area contributed by atoms with Crippen molar-refractivity contribution in [3.8, 4) is 23.0 Å². The van der Waals surface area contributed by atoms with Gasteiger partial charge in [0.05, 0.1) is 66.9 Å². The predicted octanol–water partition coefficient (Wildman–Crippen LogP) is 5.37. The van der Waals surface area contributed by atoms with Gasteiger partial charge in [-0.25, -0.2) is 33.5 Å². The topological polar surface area (TPSA) is 194 Å². The lowest BCUT2D eigenvalue weighted by Crippen LogP contribution is -2.53. The van der Waals surface area contributed by atoms with E-state index in [9.17, 15) is 37.5 Å². The van der Waals surface area contributed by atoms with Crippen molar-refractivity contribution in [3.63, 3.8) is 0 Å². The van der Waals surface area contributed by atoms with Crippen molar-refractivity contribution in [2.75, 3.05) is 26.8 Å². The molecule has 1 aliphatic carbocycles. The number of pyridine rings is 1. The zero-order chi connectivity index (χ0) is 47.1. The molecule has 22 heteroatoms. The number of phenolic OH excluding ortho intramolecular Hbond substituents is 1. The number of amides is 2. The fourth-order valence-electron chi connectivity index (χ4n) is 9.64. The van der Waals surface area contributed by atoms with E-state index in [2.05, 4.69) is 15.4 Å². The fraction of sp³-hybridized carbons (Fsp3) is 0.295. The zero-order valence-corrected chi connectivity index (χ0v) is 36.7. The molecule has 0 radical (unpaired) electrons. The summed E-state index contributed by atoms with van der Waals surface area (Å²) in [6.07, 6.45) is -2.98. The Labute approximate surface area is 380 Å². The van der Waals surface area contributed by atoms with Crippen LogP contribution >= 0.6 is 23.2 Å². The van der Waals surface area contributed by atoms with E-state index in [0.29, 0.717) is 61.5 Å². The average molecular weight is 950 g/mol. The Bertz CT molecular complexity index is 3240. The van der Waals surface area contributed by atoms with Crippen molar-refractivity contribution in [1.29, 1.82) is 0 Å². The Morgan fingerprint density at radius 1 is 0.909 bits per heavy atom. The summed E-state index contributed by atoms with van der Waals surface area (Å²) in [5.41, 5.74) is -0.456. The number of benzene rings is 3. The van der Waals surface area contributed by atoms with Gasteiger partial charge in [0.1, 0.15) is 5.69 Å². The highest BCUT2D eigenvalue weighted by atomic mass is 35.5. The molecule has 0 spiro atoms. The van der Waals surface area contributed by atoms with E-state index in [1.165, 1.54) is 59.5 Å². The van der Waals surface area contributed by atoms with Crippen LogP contribution in [0.15, 0.2) is 92.9 Å². The molecule has 5 heterocycles. The van der Waals surface area contributed by atoms with Gasteiger partial charge in [-0.3, -0.25) is 19.8 Å². The van der Waals surface area contributed by atoms with Crippen molar-refractivity contribution in [3.05, 3.63) is 142 Å². The molecule has 1 saturated heterocycles. The summed E-state index contributed by atoms with van der Waals surface area (Å²) in [7, 11) is 5.82. The molecule has 17 nitrogen and oxygen atoms in total. The van der Waals surface area contributed by atoms with Crippen LogP contribution in [0.4, 0.5) is 19.0 Å². The minimum absolute atomic E-state index is 0.0617. The van der Waals surface area contributed by atoms with Gasteiger partial charge >= 0.3 is 17.6 Å². The van der Waals surface area contributed by atoms with Gasteiger partial charge in [-0.15, -0.1) is 0 Å². The number of hydrogen-bond acceptors (Lipinski definition) is 12. The van der Waals surface area contributed by atoms with Gasteiger partial charge in [0.25, 0.3) is 17.4 Å². The number of aromatic nitrogens is 6. The summed E-state index contributed by atoms with van der Waals surface area (Å²) < 4.78 is 61.7. The number of methoxy groups -OCH3 is 3. The number of ether oxygens (including phenoxy) is 3. The highest BCUT2D eigenvalue weighted by molar-refractivity contribution is 6.33. The third-order valence-corrected chi connectivity index (χ3v) is 13.2. The predicted molar refractivity (Wildman–Crippen MR) is 232 cm³/mol. The minimum atomic E-state index is -4.80. The molecule has 1 saturated carbocycles. The van der Waals surface area contributed by atoms with Crippen molar-refractivity contribution >= 4 is 51.9 Å². The normalized spacial score (nSPS) is 20.2. The standard InChI is InChI=1S/C44H37Cl2F3N8O9/c1-53-31-19-35(66-4)34(65-3)18-29(31)51-28(39(53)60)12-13-54-41(62)55-14-11-25-30(57(55)42(54)63)17-26-38(59)56(52-37-27(46)16-23(20-50-37)44(47,48)49)40(61)43(26,22-6-8-24(45)9-7-22)36(25)21-5-10-33(64-2)32(58)15-21/h5-11,15-16,18-20,26,30,36,58H,12-14,17H2,1-4H3,(H,50,52). The summed E-state index contributed by atoms with van der Waals surface area (Å²) >= 11 is 12.6. The number of alkyl halides is 3. The number of aryl methyl sites for hydroxylation is 2. The first-order valence-corrected chi connectivity index (χ1v) is 20.9. The van der Waals surface area contributed by atoms with Crippen LogP contribution in [-0.2, 0) is 47.7 Å². The number of carbonyl (C=O) groups excluding carboxylic acids is 2. The minimum Gasteiger partial charge on any atom is -0.504 e. The number of allylic oxidation sites excluding steroid dienone is 2. The number of imide groups is 1. The number of hydrazine groups is 1. The Kier molecular flexibility index (Phi) is 10.8. The maximum Gasteiger partial charge on any atom is 0.417 e. The third kappa shape index (κ3) is 6.71. The molecule has 66 heavy (non-hydrogen) atoms. The van der Waals surface area contributed by atoms with Gasteiger partial charge in [0, 0.05) is 49.3 Å². The molecule has 4 atom stereocenters. The molecule has 3 aromatic carbocycles. The number of hydrogen-bond donors (Lipinski definition) is 2. The van der Waals surface area contributed by atoms with Gasteiger partial charge in [-0.1, -0.05) is 47.5 Å². The average Bonchev–Trinajstić information content (AvgIpc) is 3.66. The molecule has 2 fully saturated rings. The second-order valence-corrected chi connectivity index (χ2v) is 16.7. The van der Waals surface area contributed by atoms with E-state index in [1.807, 2.05) is 0 Å². The van der Waals surface area contributed by atoms with E-state index < -0.39 is 74.6 Å². The number of carbonyl (C=O) groups is 2. The lowest BCUT2D eigenvalue weighted by molar-refractivity contribution is -0.139. The molecule has 4 unspecified atom stereocenters. The van der Waals surface area contributed by atoms with E-state index >= 15 is 4.79 Å². The van der Waals surface area contributed by atoms with E-state index in [-0.39, 0.29) is 43.1 Å². The van der Waals surface area contributed by atoms with Crippen molar-refractivity contribution in [2.24, 2.45) is 13.0 Å². The number of phenols is 1. The first kappa shape index (κ1) is 44.2. The fourth-order valence-corrected chi connectivity index (χ4v) is 9.97. The van der Waals surface area contributed by atoms with Crippen LogP contribution in [0.25, 0.3) is 11.0 Å². The molecule has 342 valence electrons. The maximum atomic E-state index is 15.4. The summed E-state index contributed by atoms with van der Waals surface area (Å²) in [4.78, 5) is 81.2. The van der Waals surface area contributed by atoms with E-state index in [1.54, 1.807) is 43.5 Å². The van der Waals surface area contributed by atoms with Crippen LogP contribution in [-0.4, -0.2) is 71.7 Å². The lowest BCUT2D eigenvalue weighted by Gasteiger charge is -2.49. The van der Waals surface area contributed by atoms with Crippen LogP contribution in [0.3, 0.4) is 0 Å². The van der Waals surface area contributed by atoms with Crippen LogP contribution in [0.5, 0.6) is 23.0 Å². The van der Waals surface area contributed by atoms with Gasteiger partial charge in [0.15, 0.2) is 28.8 Å². The van der Waals surface area contributed by atoms with Crippen molar-refractivity contribution in [2.45, 2.75) is 49.5 Å². The van der Waals surface area contributed by atoms with Gasteiger partial charge in [0.2, 0.25) is 0 Å². The summed E-state index contributed by atoms with van der Waals surface area (Å²) in [6.45, 7) is -0.433. The highest BCUT2D eigenvalue weighted by Crippen LogP contribution is 2.62. The molecule has 9 rings (SSSR count). The molecule has 2 N–H and O–H groups in total. The first-order chi connectivity index (χ1) is 31.4. The van der Waals surface area contributed by atoms with E-state index in [0.717, 1.165) is 4.57 Å². The van der Waals surface area contributed by atoms with Crippen LogP contribution in [0, 0.1) is 5.92 Å². The first-order valence-electron chi connectivity index (χ1n) is 20.2. The molecule has 6 aromatic rings. The van der Waals surface area contributed by atoms with Crippen LogP contribution in [0.1, 0.15) is 40.8 Å². The zero-order valence-electron chi connectivity index (χ0n) is 35.2. The monoisotopic (exact) mass is 948 g/mol. The molecule has 0 bridgehead atoms. The van der Waals surface area contributed by atoms with Gasteiger partial charge in [-0.2, -0.15) is 18.2 Å².